The van der Waals surface area contributed by atoms with Crippen molar-refractivity contribution in [3.05, 3.63) is 65.0 Å². The average molecular weight is 443 g/mol. The van der Waals surface area contributed by atoms with Gasteiger partial charge in [0.05, 0.1) is 18.0 Å². The van der Waals surface area contributed by atoms with E-state index >= 15 is 0 Å². The van der Waals surface area contributed by atoms with Gasteiger partial charge in [0, 0.05) is 41.9 Å². The average Bonchev–Trinajstić information content (AvgIpc) is 3.52. The molecule has 3 heterocycles. The lowest BCUT2D eigenvalue weighted by molar-refractivity contribution is -0.274. The molecule has 1 aromatic carbocycles. The Kier molecular flexibility index (Phi) is 4.79. The Labute approximate surface area is 181 Å². The minimum Gasteiger partial charge on any atom is -0.443 e. The van der Waals surface area contributed by atoms with Gasteiger partial charge >= 0.3 is 6.36 Å². The fourth-order valence-electron chi connectivity index (χ4n) is 3.77. The van der Waals surface area contributed by atoms with Crippen molar-refractivity contribution in [3.8, 4) is 5.75 Å². The number of hydrogen-bond acceptors (Lipinski definition) is 7. The molecule has 0 unspecified atom stereocenters. The van der Waals surface area contributed by atoms with Crippen LogP contribution in [0.1, 0.15) is 47.2 Å². The SMILES string of the molecule is N=C(c1ccnc(N2CCc3nc(C4CC4)oc3C2)c1)c1cc(OC(F)(F)F)ccc1N. The first-order chi connectivity index (χ1) is 15.3. The Hall–Kier alpha value is -3.56. The Morgan fingerprint density at radius 1 is 1.22 bits per heavy atom. The molecule has 0 saturated heterocycles. The first-order valence-electron chi connectivity index (χ1n) is 10.2. The molecule has 0 bridgehead atoms. The number of nitrogens with two attached hydrogens (primary N) is 1. The van der Waals surface area contributed by atoms with Crippen LogP contribution in [0.2, 0.25) is 0 Å². The third kappa shape index (κ3) is 4.12. The fraction of sp³-hybridized carbons (Fsp3) is 0.318. The maximum absolute atomic E-state index is 12.6. The van der Waals surface area contributed by atoms with Gasteiger partial charge in [-0.2, -0.15) is 0 Å². The number of oxazole rings is 1. The molecular weight excluding hydrogens is 423 g/mol. The molecule has 0 radical (unpaired) electrons. The first kappa shape index (κ1) is 20.3. The second-order valence-electron chi connectivity index (χ2n) is 7.94. The van der Waals surface area contributed by atoms with Crippen molar-refractivity contribution in [1.29, 1.82) is 5.41 Å². The highest BCUT2D eigenvalue weighted by Crippen LogP contribution is 2.41. The van der Waals surface area contributed by atoms with Crippen LogP contribution in [0.4, 0.5) is 24.7 Å². The van der Waals surface area contributed by atoms with Crippen LogP contribution in [0.15, 0.2) is 40.9 Å². The van der Waals surface area contributed by atoms with Gasteiger partial charge in [-0.05, 0) is 43.2 Å². The zero-order valence-corrected chi connectivity index (χ0v) is 16.9. The molecule has 3 aromatic rings. The third-order valence-electron chi connectivity index (χ3n) is 5.56. The van der Waals surface area contributed by atoms with E-state index in [-0.39, 0.29) is 17.0 Å². The van der Waals surface area contributed by atoms with Crippen molar-refractivity contribution >= 4 is 17.2 Å². The molecule has 0 amide bonds. The largest absolute Gasteiger partial charge is 0.573 e. The highest BCUT2D eigenvalue weighted by atomic mass is 19.4. The minimum atomic E-state index is -4.83. The summed E-state index contributed by atoms with van der Waals surface area (Å²) in [6, 6.07) is 6.88. The van der Waals surface area contributed by atoms with Gasteiger partial charge < -0.3 is 19.8 Å². The number of hydrogen-bond donors (Lipinski definition) is 2. The number of rotatable bonds is 5. The molecule has 1 aliphatic carbocycles. The number of alkyl halides is 3. The van der Waals surface area contributed by atoms with Gasteiger partial charge in [0.1, 0.15) is 17.3 Å². The number of nitrogen functional groups attached to an aromatic ring is 1. The summed E-state index contributed by atoms with van der Waals surface area (Å²) in [5, 5.41) is 8.53. The molecule has 1 saturated carbocycles. The van der Waals surface area contributed by atoms with Gasteiger partial charge in [-0.25, -0.2) is 9.97 Å². The lowest BCUT2D eigenvalue weighted by Gasteiger charge is -2.26. The number of halogens is 3. The van der Waals surface area contributed by atoms with E-state index in [0.29, 0.717) is 30.4 Å². The van der Waals surface area contributed by atoms with E-state index in [0.717, 1.165) is 48.7 Å². The van der Waals surface area contributed by atoms with Gasteiger partial charge in [0.25, 0.3) is 0 Å². The zero-order chi connectivity index (χ0) is 22.5. The second-order valence-corrected chi connectivity index (χ2v) is 7.94. The molecule has 5 rings (SSSR count). The number of fused-ring (bicyclic) bond motifs is 1. The molecule has 7 nitrogen and oxygen atoms in total. The van der Waals surface area contributed by atoms with E-state index < -0.39 is 12.1 Å². The topological polar surface area (TPSA) is 101 Å². The van der Waals surface area contributed by atoms with Crippen LogP contribution in [-0.4, -0.2) is 28.6 Å². The molecule has 10 heteroatoms. The maximum Gasteiger partial charge on any atom is 0.573 e. The number of pyridine rings is 1. The zero-order valence-electron chi connectivity index (χ0n) is 16.9. The summed E-state index contributed by atoms with van der Waals surface area (Å²) in [6.45, 7) is 1.22. The molecule has 0 spiro atoms. The van der Waals surface area contributed by atoms with Gasteiger partial charge in [0.2, 0.25) is 0 Å². The van der Waals surface area contributed by atoms with Crippen molar-refractivity contribution < 1.29 is 22.3 Å². The number of anilines is 2. The Morgan fingerprint density at radius 3 is 2.78 bits per heavy atom. The summed E-state index contributed by atoms with van der Waals surface area (Å²) in [4.78, 5) is 11.1. The van der Waals surface area contributed by atoms with Crippen molar-refractivity contribution in [3.63, 3.8) is 0 Å². The van der Waals surface area contributed by atoms with Gasteiger partial charge in [-0.1, -0.05) is 0 Å². The summed E-state index contributed by atoms with van der Waals surface area (Å²) in [5.41, 5.74) is 7.71. The second kappa shape index (κ2) is 7.54. The fourth-order valence-corrected chi connectivity index (χ4v) is 3.77. The van der Waals surface area contributed by atoms with E-state index in [1.54, 1.807) is 18.3 Å². The van der Waals surface area contributed by atoms with Gasteiger partial charge in [0.15, 0.2) is 5.89 Å². The quantitative estimate of drug-likeness (QED) is 0.448. The summed E-state index contributed by atoms with van der Waals surface area (Å²) in [7, 11) is 0. The summed E-state index contributed by atoms with van der Waals surface area (Å²) in [5.74, 6) is 2.31. The van der Waals surface area contributed by atoms with E-state index in [1.165, 1.54) is 6.07 Å². The monoisotopic (exact) mass is 443 g/mol. The molecule has 3 N–H and O–H groups in total. The number of benzene rings is 1. The van der Waals surface area contributed by atoms with Crippen molar-refractivity contribution in [2.75, 3.05) is 17.2 Å². The van der Waals surface area contributed by atoms with Crippen LogP contribution < -0.4 is 15.4 Å². The summed E-state index contributed by atoms with van der Waals surface area (Å²) in [6.07, 6.45) is -0.289. The van der Waals surface area contributed by atoms with Crippen molar-refractivity contribution in [1.82, 2.24) is 9.97 Å². The molecule has 1 fully saturated rings. The first-order valence-corrected chi connectivity index (χ1v) is 10.2. The predicted molar refractivity (Wildman–Crippen MR) is 111 cm³/mol. The van der Waals surface area contributed by atoms with E-state index in [9.17, 15) is 13.2 Å². The van der Waals surface area contributed by atoms with E-state index in [4.69, 9.17) is 15.6 Å². The molecular formula is C22H20F3N5O2. The normalized spacial score (nSPS) is 16.0. The minimum absolute atomic E-state index is 0.0212. The Balaban J connectivity index is 1.38. The molecule has 2 aromatic heterocycles. The van der Waals surface area contributed by atoms with Crippen LogP contribution in [-0.2, 0) is 13.0 Å². The Bertz CT molecular complexity index is 1190. The van der Waals surface area contributed by atoms with E-state index in [2.05, 4.69) is 14.7 Å². The van der Waals surface area contributed by atoms with Crippen LogP contribution in [0, 0.1) is 5.41 Å². The molecule has 166 valence electrons. The maximum atomic E-state index is 12.6. The molecule has 32 heavy (non-hydrogen) atoms. The van der Waals surface area contributed by atoms with Crippen molar-refractivity contribution in [2.45, 2.75) is 38.1 Å². The number of ether oxygens (including phenoxy) is 1. The lowest BCUT2D eigenvalue weighted by Crippen LogP contribution is -2.30. The van der Waals surface area contributed by atoms with E-state index in [1.807, 2.05) is 4.90 Å². The van der Waals surface area contributed by atoms with Gasteiger partial charge in [-0.3, -0.25) is 5.41 Å². The molecule has 0 atom stereocenters. The highest BCUT2D eigenvalue weighted by Gasteiger charge is 2.33. The van der Waals surface area contributed by atoms with Crippen LogP contribution in [0.25, 0.3) is 0 Å². The number of nitrogens with zero attached hydrogens (tertiary/aromatic N) is 3. The lowest BCUT2D eigenvalue weighted by atomic mass is 10.0. The standard InChI is InChI=1S/C22H20F3N5O2/c23-22(24,25)32-14-3-4-16(26)15(10-14)20(27)13-5-7-28-19(9-13)30-8-6-17-18(11-30)31-21(29-17)12-1-2-12/h3-5,7,9-10,12,27H,1-2,6,8,11,26H2. The number of aromatic nitrogens is 2. The van der Waals surface area contributed by atoms with Crippen molar-refractivity contribution in [2.24, 2.45) is 0 Å². The summed E-state index contributed by atoms with van der Waals surface area (Å²) >= 11 is 0. The van der Waals surface area contributed by atoms with Crippen LogP contribution in [0.5, 0.6) is 5.75 Å². The van der Waals surface area contributed by atoms with Crippen LogP contribution >= 0.6 is 0 Å². The summed E-state index contributed by atoms with van der Waals surface area (Å²) < 4.78 is 47.7. The third-order valence-corrected chi connectivity index (χ3v) is 5.56. The van der Waals surface area contributed by atoms with Crippen LogP contribution in [0.3, 0.4) is 0 Å². The predicted octanol–water partition coefficient (Wildman–Crippen LogP) is 4.41. The highest BCUT2D eigenvalue weighted by molar-refractivity contribution is 6.14. The Morgan fingerprint density at radius 2 is 2.03 bits per heavy atom. The van der Waals surface area contributed by atoms with Gasteiger partial charge in [-0.15, -0.1) is 13.2 Å². The number of nitrogens with one attached hydrogen (secondary N) is 1. The smallest absolute Gasteiger partial charge is 0.443 e. The molecule has 1 aliphatic heterocycles. The molecule has 2 aliphatic rings.